The van der Waals surface area contributed by atoms with E-state index >= 15 is 0 Å². The van der Waals surface area contributed by atoms with Crippen molar-refractivity contribution >= 4 is 21.6 Å². The van der Waals surface area contributed by atoms with Crippen molar-refractivity contribution in [2.24, 2.45) is 5.14 Å². The van der Waals surface area contributed by atoms with Crippen LogP contribution in [0.1, 0.15) is 12.5 Å². The predicted octanol–water partition coefficient (Wildman–Crippen LogP) is 0.246. The highest BCUT2D eigenvalue weighted by Crippen LogP contribution is 2.29. The van der Waals surface area contributed by atoms with E-state index in [1.807, 2.05) is 0 Å². The van der Waals surface area contributed by atoms with Crippen LogP contribution in [0.3, 0.4) is 0 Å². The molecule has 1 amide bonds. The standard InChI is InChI=1S/C12H12N2O3S/c1-2-3-12(15)14-7-6-9-8-10(18(13,16)17)4-5-11(9)14/h4-5,8H,6-7H2,1H3,(H2,13,16,17). The summed E-state index contributed by atoms with van der Waals surface area (Å²) in [5, 5.41) is 5.06. The maximum Gasteiger partial charge on any atom is 0.302 e. The van der Waals surface area contributed by atoms with Gasteiger partial charge in [0.15, 0.2) is 0 Å². The fourth-order valence-corrected chi connectivity index (χ4v) is 2.50. The van der Waals surface area contributed by atoms with Crippen molar-refractivity contribution in [2.75, 3.05) is 11.4 Å². The molecule has 2 rings (SSSR count). The van der Waals surface area contributed by atoms with Gasteiger partial charge in [-0.3, -0.25) is 4.79 Å². The summed E-state index contributed by atoms with van der Waals surface area (Å²) in [6.45, 7) is 2.11. The molecule has 1 heterocycles. The number of nitrogens with zero attached hydrogens (tertiary/aromatic N) is 1. The van der Waals surface area contributed by atoms with Gasteiger partial charge in [-0.05, 0) is 43.0 Å². The molecule has 0 aromatic heterocycles. The zero-order chi connectivity index (χ0) is 13.3. The molecule has 1 aromatic rings. The van der Waals surface area contributed by atoms with E-state index in [1.54, 1.807) is 17.9 Å². The molecule has 0 bridgehead atoms. The second-order valence-corrected chi connectivity index (χ2v) is 5.48. The summed E-state index contributed by atoms with van der Waals surface area (Å²) in [4.78, 5) is 13.3. The van der Waals surface area contributed by atoms with E-state index in [-0.39, 0.29) is 10.8 Å². The van der Waals surface area contributed by atoms with Crippen molar-refractivity contribution < 1.29 is 13.2 Å². The van der Waals surface area contributed by atoms with Gasteiger partial charge in [-0.25, -0.2) is 13.6 Å². The number of benzene rings is 1. The molecule has 0 atom stereocenters. The molecule has 18 heavy (non-hydrogen) atoms. The molecule has 0 aliphatic carbocycles. The number of hydrogen-bond donors (Lipinski definition) is 1. The first-order valence-corrected chi connectivity index (χ1v) is 6.88. The first-order chi connectivity index (χ1) is 8.43. The molecule has 0 saturated carbocycles. The van der Waals surface area contributed by atoms with Gasteiger partial charge in [0.2, 0.25) is 10.0 Å². The number of nitrogens with two attached hydrogens (primary N) is 1. The van der Waals surface area contributed by atoms with E-state index in [1.165, 1.54) is 12.1 Å². The summed E-state index contributed by atoms with van der Waals surface area (Å²) in [7, 11) is -3.70. The first-order valence-electron chi connectivity index (χ1n) is 5.33. The third kappa shape index (κ3) is 2.23. The van der Waals surface area contributed by atoms with Crippen molar-refractivity contribution in [3.63, 3.8) is 0 Å². The van der Waals surface area contributed by atoms with Crippen LogP contribution < -0.4 is 10.0 Å². The van der Waals surface area contributed by atoms with Gasteiger partial charge in [0.05, 0.1) is 4.90 Å². The van der Waals surface area contributed by atoms with Crippen LogP contribution >= 0.6 is 0 Å². The van der Waals surface area contributed by atoms with Gasteiger partial charge in [-0.15, -0.1) is 0 Å². The van der Waals surface area contributed by atoms with Crippen LogP contribution in [0.4, 0.5) is 5.69 Å². The van der Waals surface area contributed by atoms with Crippen LogP contribution in [-0.2, 0) is 21.2 Å². The van der Waals surface area contributed by atoms with Crippen molar-refractivity contribution in [3.8, 4) is 11.8 Å². The van der Waals surface area contributed by atoms with Crippen LogP contribution in [0.5, 0.6) is 0 Å². The third-order valence-electron chi connectivity index (χ3n) is 2.75. The molecule has 1 aromatic carbocycles. The average molecular weight is 264 g/mol. The minimum Gasteiger partial charge on any atom is -0.301 e. The van der Waals surface area contributed by atoms with Gasteiger partial charge >= 0.3 is 5.91 Å². The lowest BCUT2D eigenvalue weighted by atomic mass is 10.2. The van der Waals surface area contributed by atoms with E-state index < -0.39 is 10.0 Å². The number of carbonyl (C=O) groups excluding carboxylic acids is 1. The van der Waals surface area contributed by atoms with E-state index in [9.17, 15) is 13.2 Å². The molecule has 0 radical (unpaired) electrons. The lowest BCUT2D eigenvalue weighted by Crippen LogP contribution is -2.27. The van der Waals surface area contributed by atoms with Gasteiger partial charge in [0.1, 0.15) is 0 Å². The Morgan fingerprint density at radius 2 is 2.17 bits per heavy atom. The Balaban J connectivity index is 2.42. The summed E-state index contributed by atoms with van der Waals surface area (Å²) < 4.78 is 22.5. The van der Waals surface area contributed by atoms with Crippen LogP contribution in [0.25, 0.3) is 0 Å². The molecule has 2 N–H and O–H groups in total. The minimum atomic E-state index is -3.70. The Morgan fingerprint density at radius 3 is 2.78 bits per heavy atom. The third-order valence-corrected chi connectivity index (χ3v) is 3.66. The molecule has 1 aliphatic rings. The highest BCUT2D eigenvalue weighted by molar-refractivity contribution is 7.89. The van der Waals surface area contributed by atoms with Crippen LogP contribution in [-0.4, -0.2) is 20.9 Å². The minimum absolute atomic E-state index is 0.0668. The molecule has 0 fully saturated rings. The van der Waals surface area contributed by atoms with E-state index in [0.29, 0.717) is 18.7 Å². The molecule has 94 valence electrons. The fourth-order valence-electron chi connectivity index (χ4n) is 1.94. The smallest absolute Gasteiger partial charge is 0.301 e. The highest BCUT2D eigenvalue weighted by atomic mass is 32.2. The van der Waals surface area contributed by atoms with Gasteiger partial charge in [-0.1, -0.05) is 5.92 Å². The molecule has 0 spiro atoms. The Hall–Kier alpha value is -1.84. The summed E-state index contributed by atoms with van der Waals surface area (Å²) in [6, 6.07) is 4.51. The monoisotopic (exact) mass is 264 g/mol. The summed E-state index contributed by atoms with van der Waals surface area (Å²) in [5.74, 6) is 4.74. The number of amides is 1. The SMILES string of the molecule is CC#CC(=O)N1CCc2cc(S(N)(=O)=O)ccc21. The van der Waals surface area contributed by atoms with Gasteiger partial charge < -0.3 is 4.90 Å². The molecule has 6 heteroatoms. The number of fused-ring (bicyclic) bond motifs is 1. The second-order valence-electron chi connectivity index (χ2n) is 3.92. The lowest BCUT2D eigenvalue weighted by molar-refractivity contribution is -0.113. The quantitative estimate of drug-likeness (QED) is 0.738. The van der Waals surface area contributed by atoms with Crippen LogP contribution in [0, 0.1) is 11.8 Å². The van der Waals surface area contributed by atoms with Crippen molar-refractivity contribution in [1.29, 1.82) is 0 Å². The van der Waals surface area contributed by atoms with E-state index in [4.69, 9.17) is 5.14 Å². The van der Waals surface area contributed by atoms with E-state index in [0.717, 1.165) is 5.56 Å². The average Bonchev–Trinajstić information content (AvgIpc) is 2.70. The van der Waals surface area contributed by atoms with Crippen LogP contribution in [0.2, 0.25) is 0 Å². The van der Waals surface area contributed by atoms with Gasteiger partial charge in [0, 0.05) is 12.2 Å². The lowest BCUT2D eigenvalue weighted by Gasteiger charge is -2.13. The fraction of sp³-hybridized carbons (Fsp3) is 0.250. The van der Waals surface area contributed by atoms with Crippen molar-refractivity contribution in [2.45, 2.75) is 18.2 Å². The van der Waals surface area contributed by atoms with Gasteiger partial charge in [0.25, 0.3) is 0 Å². The molecular formula is C12H12N2O3S. The Kier molecular flexibility index (Phi) is 3.11. The zero-order valence-corrected chi connectivity index (χ0v) is 10.6. The number of primary sulfonamides is 1. The number of carbonyl (C=O) groups is 1. The molecule has 0 saturated heterocycles. The topological polar surface area (TPSA) is 80.5 Å². The Labute approximate surface area is 106 Å². The normalized spacial score (nSPS) is 13.8. The zero-order valence-electron chi connectivity index (χ0n) is 9.80. The highest BCUT2D eigenvalue weighted by Gasteiger charge is 2.24. The maximum absolute atomic E-state index is 11.7. The summed E-state index contributed by atoms with van der Waals surface area (Å²) in [5.41, 5.74) is 1.50. The first kappa shape index (κ1) is 12.6. The molecule has 5 nitrogen and oxygen atoms in total. The van der Waals surface area contributed by atoms with Crippen LogP contribution in [0.15, 0.2) is 23.1 Å². The molecule has 0 unspecified atom stereocenters. The number of anilines is 1. The Bertz CT molecular complexity index is 668. The summed E-state index contributed by atoms with van der Waals surface area (Å²) >= 11 is 0. The van der Waals surface area contributed by atoms with Gasteiger partial charge in [-0.2, -0.15) is 0 Å². The molecular weight excluding hydrogens is 252 g/mol. The van der Waals surface area contributed by atoms with Crippen molar-refractivity contribution in [3.05, 3.63) is 23.8 Å². The van der Waals surface area contributed by atoms with E-state index in [2.05, 4.69) is 11.8 Å². The van der Waals surface area contributed by atoms with Crippen molar-refractivity contribution in [1.82, 2.24) is 0 Å². The number of sulfonamides is 1. The summed E-state index contributed by atoms with van der Waals surface area (Å²) in [6.07, 6.45) is 0.607. The number of rotatable bonds is 1. The molecule has 1 aliphatic heterocycles. The number of hydrogen-bond acceptors (Lipinski definition) is 3. The maximum atomic E-state index is 11.7. The second kappa shape index (κ2) is 4.44. The predicted molar refractivity (Wildman–Crippen MR) is 67.3 cm³/mol. The Morgan fingerprint density at radius 1 is 1.44 bits per heavy atom. The largest absolute Gasteiger partial charge is 0.302 e.